The van der Waals surface area contributed by atoms with E-state index in [4.69, 9.17) is 20.4 Å². The van der Waals surface area contributed by atoms with Crippen LogP contribution in [0.15, 0.2) is 0 Å². The van der Waals surface area contributed by atoms with E-state index in [0.29, 0.717) is 12.5 Å². The van der Waals surface area contributed by atoms with Gasteiger partial charge in [0.05, 0.1) is 11.9 Å². The van der Waals surface area contributed by atoms with Gasteiger partial charge in [0, 0.05) is 12.7 Å². The molecule has 0 saturated carbocycles. The van der Waals surface area contributed by atoms with Gasteiger partial charge in [-0.25, -0.2) is 0 Å². The molecule has 0 aliphatic carbocycles. The maximum absolute atomic E-state index is 10.1. The molecule has 2 atom stereocenters. The third kappa shape index (κ3) is 23.5. The van der Waals surface area contributed by atoms with Gasteiger partial charge in [-0.1, -0.05) is 41.5 Å². The van der Waals surface area contributed by atoms with Crippen molar-refractivity contribution in [2.45, 2.75) is 86.5 Å². The van der Waals surface area contributed by atoms with E-state index in [1.165, 1.54) is 13.8 Å². The van der Waals surface area contributed by atoms with Crippen LogP contribution in [0.25, 0.3) is 0 Å². The van der Waals surface area contributed by atoms with Crippen LogP contribution in [0.5, 0.6) is 0 Å². The molecule has 0 aromatic rings. The minimum Gasteiger partial charge on any atom is -0.547 e. The molecule has 0 radical (unpaired) electrons. The molecule has 0 fully saturated rings. The van der Waals surface area contributed by atoms with Crippen LogP contribution in [0.1, 0.15) is 69.2 Å². The van der Waals surface area contributed by atoms with Crippen molar-refractivity contribution in [3.05, 3.63) is 0 Å². The van der Waals surface area contributed by atoms with E-state index >= 15 is 0 Å². The number of rotatable bonds is 5. The summed E-state index contributed by atoms with van der Waals surface area (Å²) in [5.41, 5.74) is -3.39. The predicted molar refractivity (Wildman–Crippen MR) is 100 cm³/mol. The van der Waals surface area contributed by atoms with E-state index in [1.54, 1.807) is 41.5 Å². The minimum atomic E-state index is -1.69. The van der Waals surface area contributed by atoms with E-state index in [0.717, 1.165) is 0 Å². The van der Waals surface area contributed by atoms with Gasteiger partial charge in [-0.15, -0.1) is 0 Å². The van der Waals surface area contributed by atoms with Crippen LogP contribution in [0, 0.1) is 17.8 Å². The Hall–Kier alpha value is -0.506. The van der Waals surface area contributed by atoms with Gasteiger partial charge in [0.1, 0.15) is 11.2 Å². The zero-order chi connectivity index (χ0) is 23.2. The van der Waals surface area contributed by atoms with Gasteiger partial charge in [0.2, 0.25) is 0 Å². The molecule has 0 spiro atoms. The molecule has 2 unspecified atom stereocenters. The van der Waals surface area contributed by atoms with Crippen LogP contribution in [0.4, 0.5) is 0 Å². The van der Waals surface area contributed by atoms with Crippen molar-refractivity contribution in [3.63, 3.8) is 0 Å². The Morgan fingerprint density at radius 2 is 0.929 bits per heavy atom. The average molecular weight is 444 g/mol. The summed E-state index contributed by atoms with van der Waals surface area (Å²) in [6, 6.07) is 0. The third-order valence-corrected chi connectivity index (χ3v) is 3.44. The van der Waals surface area contributed by atoms with Crippen molar-refractivity contribution in [2.75, 3.05) is 6.61 Å². The Balaban J connectivity index is -0.0000000875. The second kappa shape index (κ2) is 18.5. The van der Waals surface area contributed by atoms with Crippen molar-refractivity contribution in [1.82, 2.24) is 0 Å². The fraction of sp³-hybridized carbons (Fsp3) is 0.895. The Morgan fingerprint density at radius 3 is 0.929 bits per heavy atom. The molecule has 28 heavy (non-hydrogen) atoms. The predicted octanol–water partition coefficient (Wildman–Crippen LogP) is -0.694. The number of hydrogen-bond donors (Lipinski definition) is 4. The van der Waals surface area contributed by atoms with Gasteiger partial charge < -0.3 is 40.2 Å². The van der Waals surface area contributed by atoms with Crippen molar-refractivity contribution in [1.29, 1.82) is 0 Å². The Labute approximate surface area is 184 Å². The molecule has 0 bridgehead atoms. The van der Waals surface area contributed by atoms with Crippen molar-refractivity contribution in [2.24, 2.45) is 17.8 Å². The fourth-order valence-electron chi connectivity index (χ4n) is 0.471. The number of aliphatic carboxylic acids is 2. The first-order valence-corrected chi connectivity index (χ1v) is 8.94. The summed E-state index contributed by atoms with van der Waals surface area (Å²) in [6.07, 6.45) is -0.167. The van der Waals surface area contributed by atoms with Crippen LogP contribution in [0.2, 0.25) is 0 Å². The van der Waals surface area contributed by atoms with E-state index in [2.05, 4.69) is 0 Å². The van der Waals surface area contributed by atoms with Gasteiger partial charge in [-0.2, -0.15) is 0 Å². The maximum atomic E-state index is 10.1. The second-order valence-corrected chi connectivity index (χ2v) is 7.85. The molecule has 0 aliphatic rings. The van der Waals surface area contributed by atoms with Gasteiger partial charge in [0.15, 0.2) is 0 Å². The molecule has 0 aromatic carbocycles. The summed E-state index contributed by atoms with van der Waals surface area (Å²) >= 11 is 0. The molecule has 4 N–H and O–H groups in total. The molecule has 0 aromatic heterocycles. The number of carboxylic acids is 2. The molecule has 0 amide bonds. The standard InChI is InChI=1S/2C6H12O3.C4H10O.C3H8O.Ti/c2*1-4(2)6(3,9)5(7)8;1-4(2)3-5;1-3(2)4;/h2*4,9H,1-3H3,(H,7,8);4-5H,3H2,1-2H3;3-4H,1-2H3;/q;;;;+2/p-2. The molecule has 8 nitrogen and oxygen atoms in total. The number of carbonyl (C=O) groups is 2. The second-order valence-electron chi connectivity index (χ2n) is 7.85. The number of carbonyl (C=O) groups excluding carboxylic acids is 2. The summed E-state index contributed by atoms with van der Waals surface area (Å²) in [4.78, 5) is 20.2. The van der Waals surface area contributed by atoms with Crippen molar-refractivity contribution < 1.29 is 61.9 Å². The third-order valence-electron chi connectivity index (χ3n) is 3.44. The van der Waals surface area contributed by atoms with Gasteiger partial charge in [0.25, 0.3) is 0 Å². The normalized spacial score (nSPS) is 14.2. The van der Waals surface area contributed by atoms with Crippen molar-refractivity contribution >= 4 is 11.9 Å². The van der Waals surface area contributed by atoms with Crippen LogP contribution < -0.4 is 10.2 Å². The largest absolute Gasteiger partial charge is 2.00 e. The molecule has 0 saturated heterocycles. The monoisotopic (exact) mass is 444 g/mol. The van der Waals surface area contributed by atoms with Crippen LogP contribution in [-0.4, -0.2) is 56.3 Å². The summed E-state index contributed by atoms with van der Waals surface area (Å²) in [5.74, 6) is -3.03. The molecule has 168 valence electrons. The van der Waals surface area contributed by atoms with Gasteiger partial charge >= 0.3 is 21.7 Å². The van der Waals surface area contributed by atoms with Crippen LogP contribution in [0.3, 0.4) is 0 Å². The summed E-state index contributed by atoms with van der Waals surface area (Å²) < 4.78 is 0. The number of aliphatic hydroxyl groups excluding tert-OH is 2. The Bertz CT molecular complexity index is 359. The Morgan fingerprint density at radius 1 is 0.786 bits per heavy atom. The maximum Gasteiger partial charge on any atom is 2.00 e. The molecular weight excluding hydrogens is 404 g/mol. The first-order chi connectivity index (χ1) is 11.8. The smallest absolute Gasteiger partial charge is 0.547 e. The van der Waals surface area contributed by atoms with Crippen LogP contribution >= 0.6 is 0 Å². The Kier molecular flexibility index (Phi) is 25.2. The topological polar surface area (TPSA) is 161 Å². The zero-order valence-electron chi connectivity index (χ0n) is 18.9. The molecule has 0 rings (SSSR count). The first kappa shape index (κ1) is 38.1. The summed E-state index contributed by atoms with van der Waals surface area (Å²) in [6.45, 7) is 16.6. The first-order valence-electron chi connectivity index (χ1n) is 8.94. The molecule has 9 heteroatoms. The van der Waals surface area contributed by atoms with Gasteiger partial charge in [-0.05, 0) is 45.4 Å². The van der Waals surface area contributed by atoms with E-state index in [9.17, 15) is 19.8 Å². The van der Waals surface area contributed by atoms with Crippen LogP contribution in [-0.2, 0) is 31.3 Å². The van der Waals surface area contributed by atoms with Gasteiger partial charge in [-0.3, -0.25) is 0 Å². The van der Waals surface area contributed by atoms with Crippen molar-refractivity contribution in [3.8, 4) is 0 Å². The number of hydrogen-bond acceptors (Lipinski definition) is 8. The quantitative estimate of drug-likeness (QED) is 0.405. The average Bonchev–Trinajstić information content (AvgIpc) is 2.47. The van der Waals surface area contributed by atoms with E-state index in [-0.39, 0.29) is 39.7 Å². The molecule has 0 heterocycles. The van der Waals surface area contributed by atoms with E-state index in [1.807, 2.05) is 13.8 Å². The number of aliphatic hydroxyl groups is 4. The summed E-state index contributed by atoms with van der Waals surface area (Å²) in [7, 11) is 0. The minimum absolute atomic E-state index is 0. The zero-order valence-corrected chi connectivity index (χ0v) is 20.5. The molecule has 0 aliphatic heterocycles. The SMILES string of the molecule is CC(C)C(C)(O)C(=O)[O-].CC(C)C(C)(O)C(=O)[O-].CC(C)CO.CC(C)O.[Ti+2]. The number of carboxylic acid groups (broad SMARTS) is 2. The summed E-state index contributed by atoms with van der Waals surface area (Å²) in [5, 5.41) is 54.4. The fourth-order valence-corrected chi connectivity index (χ4v) is 0.471. The van der Waals surface area contributed by atoms with E-state index < -0.39 is 23.1 Å². The molecular formula is C19H40O8Ti.